The molecule has 1 rings (SSSR count). The van der Waals surface area contributed by atoms with Crippen LogP contribution in [-0.4, -0.2) is 35.9 Å². The highest BCUT2D eigenvalue weighted by molar-refractivity contribution is 6.04. The molecule has 0 atom stereocenters. The van der Waals surface area contributed by atoms with E-state index in [0.29, 0.717) is 12.0 Å². The molecule has 0 aliphatic carbocycles. The number of nitrogens with zero attached hydrogens (tertiary/aromatic N) is 2. The largest absolute Gasteiger partial charge is 0.341 e. The third kappa shape index (κ3) is 3.06. The molecule has 7 nitrogen and oxygen atoms in total. The van der Waals surface area contributed by atoms with Crippen molar-refractivity contribution in [3.8, 4) is 0 Å². The molecule has 0 fully saturated rings. The number of nitrogens with one attached hydrogen (secondary N) is 1. The fourth-order valence-corrected chi connectivity index (χ4v) is 1.62. The van der Waals surface area contributed by atoms with E-state index in [2.05, 4.69) is 5.32 Å². The van der Waals surface area contributed by atoms with Crippen molar-refractivity contribution in [3.63, 3.8) is 0 Å². The van der Waals surface area contributed by atoms with Crippen LogP contribution in [0.1, 0.15) is 22.8 Å². The zero-order valence-corrected chi connectivity index (χ0v) is 11.0. The molecule has 0 saturated heterocycles. The minimum atomic E-state index is -0.592. The number of benzene rings is 1. The van der Waals surface area contributed by atoms with Crippen LogP contribution in [0.15, 0.2) is 18.2 Å². The molecule has 0 spiro atoms. The van der Waals surface area contributed by atoms with E-state index < -0.39 is 16.9 Å². The Morgan fingerprint density at radius 3 is 2.53 bits per heavy atom. The number of hydrogen-bond donors (Lipinski definition) is 1. The predicted molar refractivity (Wildman–Crippen MR) is 69.0 cm³/mol. The quantitative estimate of drug-likeness (QED) is 0.663. The number of carbonyl (C=O) groups excluding carboxylic acids is 2. The zero-order chi connectivity index (χ0) is 14.6. The van der Waals surface area contributed by atoms with Crippen LogP contribution in [-0.2, 0) is 6.42 Å². The summed E-state index contributed by atoms with van der Waals surface area (Å²) in [7, 11) is 2.70. The minimum absolute atomic E-state index is 0.106. The number of hydrogen-bond acceptors (Lipinski definition) is 4. The zero-order valence-electron chi connectivity index (χ0n) is 11.0. The summed E-state index contributed by atoms with van der Waals surface area (Å²) >= 11 is 0. The van der Waals surface area contributed by atoms with Crippen molar-refractivity contribution in [3.05, 3.63) is 39.4 Å². The Bertz CT molecular complexity index is 528. The Kier molecular flexibility index (Phi) is 4.57. The van der Waals surface area contributed by atoms with Crippen molar-refractivity contribution in [1.29, 1.82) is 0 Å². The molecule has 0 saturated carbocycles. The lowest BCUT2D eigenvalue weighted by molar-refractivity contribution is -0.385. The molecule has 7 heteroatoms. The van der Waals surface area contributed by atoms with Gasteiger partial charge in [0.15, 0.2) is 0 Å². The van der Waals surface area contributed by atoms with Crippen molar-refractivity contribution >= 4 is 17.6 Å². The van der Waals surface area contributed by atoms with Gasteiger partial charge < -0.3 is 5.32 Å². The Balaban J connectivity index is 3.15. The van der Waals surface area contributed by atoms with E-state index in [-0.39, 0.29) is 11.3 Å². The molecule has 0 radical (unpaired) electrons. The lowest BCUT2D eigenvalue weighted by Gasteiger charge is -2.14. The van der Waals surface area contributed by atoms with Gasteiger partial charge in [0.1, 0.15) is 0 Å². The van der Waals surface area contributed by atoms with Crippen LogP contribution in [0.3, 0.4) is 0 Å². The third-order valence-corrected chi connectivity index (χ3v) is 2.73. The van der Waals surface area contributed by atoms with Crippen molar-refractivity contribution in [2.75, 3.05) is 14.1 Å². The van der Waals surface area contributed by atoms with Crippen LogP contribution in [0.5, 0.6) is 0 Å². The second-order valence-corrected chi connectivity index (χ2v) is 3.87. The maximum Gasteiger partial charge on any atom is 0.323 e. The van der Waals surface area contributed by atoms with E-state index in [1.165, 1.54) is 32.3 Å². The summed E-state index contributed by atoms with van der Waals surface area (Å²) in [5.74, 6) is -0.592. The van der Waals surface area contributed by atoms with Crippen molar-refractivity contribution in [1.82, 2.24) is 10.2 Å². The first kappa shape index (κ1) is 14.6. The van der Waals surface area contributed by atoms with Crippen LogP contribution in [0.2, 0.25) is 0 Å². The van der Waals surface area contributed by atoms with Crippen LogP contribution >= 0.6 is 0 Å². The summed E-state index contributed by atoms with van der Waals surface area (Å²) in [4.78, 5) is 34.5. The summed E-state index contributed by atoms with van der Waals surface area (Å²) in [6.45, 7) is 1.79. The number of carbonyl (C=O) groups is 2. The Morgan fingerprint density at radius 1 is 1.42 bits per heavy atom. The number of aryl methyl sites for hydroxylation is 1. The Morgan fingerprint density at radius 2 is 2.05 bits per heavy atom. The van der Waals surface area contributed by atoms with Gasteiger partial charge in [-0.15, -0.1) is 0 Å². The van der Waals surface area contributed by atoms with E-state index in [1.54, 1.807) is 6.92 Å². The van der Waals surface area contributed by atoms with Gasteiger partial charge in [0, 0.05) is 31.3 Å². The van der Waals surface area contributed by atoms with Gasteiger partial charge in [-0.1, -0.05) is 13.0 Å². The fraction of sp³-hybridized carbons (Fsp3) is 0.333. The summed E-state index contributed by atoms with van der Waals surface area (Å²) in [6.07, 6.45) is 0.496. The van der Waals surface area contributed by atoms with Crippen molar-refractivity contribution in [2.24, 2.45) is 0 Å². The maximum atomic E-state index is 12.0. The molecule has 0 bridgehead atoms. The first-order chi connectivity index (χ1) is 8.92. The number of urea groups is 1. The van der Waals surface area contributed by atoms with Crippen molar-refractivity contribution < 1.29 is 14.5 Å². The van der Waals surface area contributed by atoms with Gasteiger partial charge in [-0.25, -0.2) is 4.79 Å². The van der Waals surface area contributed by atoms with E-state index in [1.807, 2.05) is 0 Å². The van der Waals surface area contributed by atoms with E-state index in [4.69, 9.17) is 0 Å². The van der Waals surface area contributed by atoms with Gasteiger partial charge in [0.2, 0.25) is 0 Å². The lowest BCUT2D eigenvalue weighted by Crippen LogP contribution is -2.39. The average Bonchev–Trinajstić information content (AvgIpc) is 2.43. The molecule has 3 amide bonds. The summed E-state index contributed by atoms with van der Waals surface area (Å²) in [5, 5.41) is 13.2. The number of imide groups is 1. The first-order valence-electron chi connectivity index (χ1n) is 5.69. The number of rotatable bonds is 3. The topological polar surface area (TPSA) is 92.6 Å². The number of amides is 3. The van der Waals surface area contributed by atoms with Crippen molar-refractivity contribution in [2.45, 2.75) is 13.3 Å². The highest BCUT2D eigenvalue weighted by atomic mass is 16.6. The Hall–Kier alpha value is -2.44. The first-order valence-corrected chi connectivity index (χ1v) is 5.69. The van der Waals surface area contributed by atoms with Gasteiger partial charge in [0.25, 0.3) is 11.6 Å². The van der Waals surface area contributed by atoms with E-state index in [9.17, 15) is 19.7 Å². The van der Waals surface area contributed by atoms with E-state index in [0.717, 1.165) is 4.90 Å². The summed E-state index contributed by atoms with van der Waals surface area (Å²) in [5.41, 5.74) is 0.540. The standard InChI is InChI=1S/C12H15N3O4/c1-4-8-5-6-9(7-10(8)15(18)19)11(16)14(3)12(17)13-2/h5-7H,4H2,1-3H3,(H,13,17). The van der Waals surface area contributed by atoms with Crippen LogP contribution in [0, 0.1) is 10.1 Å². The van der Waals surface area contributed by atoms with Gasteiger partial charge >= 0.3 is 6.03 Å². The molecule has 0 aromatic heterocycles. The van der Waals surface area contributed by atoms with Crippen LogP contribution in [0.25, 0.3) is 0 Å². The summed E-state index contributed by atoms with van der Waals surface area (Å²) < 4.78 is 0. The smallest absolute Gasteiger partial charge is 0.323 e. The molecule has 0 aliphatic heterocycles. The van der Waals surface area contributed by atoms with Gasteiger partial charge in [0.05, 0.1) is 4.92 Å². The molecule has 0 aliphatic rings. The minimum Gasteiger partial charge on any atom is -0.341 e. The molecular formula is C12H15N3O4. The molecule has 19 heavy (non-hydrogen) atoms. The van der Waals surface area contributed by atoms with Crippen LogP contribution < -0.4 is 5.32 Å². The molecular weight excluding hydrogens is 250 g/mol. The molecule has 1 aromatic carbocycles. The molecule has 102 valence electrons. The lowest BCUT2D eigenvalue weighted by atomic mass is 10.1. The number of nitro benzene ring substituents is 1. The fourth-order valence-electron chi connectivity index (χ4n) is 1.62. The molecule has 1 N–H and O–H groups in total. The van der Waals surface area contributed by atoms with Crippen LogP contribution in [0.4, 0.5) is 10.5 Å². The molecule has 1 aromatic rings. The maximum absolute atomic E-state index is 12.0. The van der Waals surface area contributed by atoms with E-state index >= 15 is 0 Å². The SMILES string of the molecule is CCc1ccc(C(=O)N(C)C(=O)NC)cc1[N+](=O)[O-]. The second-order valence-electron chi connectivity index (χ2n) is 3.87. The number of nitro groups is 1. The predicted octanol–water partition coefficient (Wildman–Crippen LogP) is 1.57. The monoisotopic (exact) mass is 265 g/mol. The van der Waals surface area contributed by atoms with Gasteiger partial charge in [-0.3, -0.25) is 19.8 Å². The Labute approximate surface area is 110 Å². The second kappa shape index (κ2) is 5.94. The highest BCUT2D eigenvalue weighted by Crippen LogP contribution is 2.21. The average molecular weight is 265 g/mol. The molecule has 0 unspecified atom stereocenters. The van der Waals surface area contributed by atoms with Gasteiger partial charge in [-0.05, 0) is 12.5 Å². The third-order valence-electron chi connectivity index (χ3n) is 2.73. The highest BCUT2D eigenvalue weighted by Gasteiger charge is 2.21. The normalized spacial score (nSPS) is 9.84. The molecule has 0 heterocycles. The van der Waals surface area contributed by atoms with Gasteiger partial charge in [-0.2, -0.15) is 0 Å². The summed E-state index contributed by atoms with van der Waals surface area (Å²) in [6, 6.07) is 3.63.